The van der Waals surface area contributed by atoms with Gasteiger partial charge in [0.15, 0.2) is 0 Å². The van der Waals surface area contributed by atoms with E-state index < -0.39 is 0 Å². The molecule has 0 saturated heterocycles. The van der Waals surface area contributed by atoms with Crippen molar-refractivity contribution in [3.05, 3.63) is 297 Å². The Balaban J connectivity index is 0.811. The first-order valence-corrected chi connectivity index (χ1v) is 30.6. The average Bonchev–Trinajstić information content (AvgIpc) is 1.69. The van der Waals surface area contributed by atoms with Gasteiger partial charge in [-0.1, -0.05) is 176 Å². The van der Waals surface area contributed by atoms with Crippen molar-refractivity contribution in [2.24, 2.45) is 0 Å². The number of fused-ring (bicyclic) bond motifs is 20. The molecule has 0 fully saturated rings. The fourth-order valence-electron chi connectivity index (χ4n) is 15.2. The summed E-state index contributed by atoms with van der Waals surface area (Å²) in [6, 6.07) is 107. The van der Waals surface area contributed by atoms with Gasteiger partial charge in [-0.2, -0.15) is 0 Å². The van der Waals surface area contributed by atoms with E-state index in [0.29, 0.717) is 0 Å². The van der Waals surface area contributed by atoms with Crippen molar-refractivity contribution in [1.82, 2.24) is 32.8 Å². The van der Waals surface area contributed by atoms with Crippen LogP contribution in [0.4, 0.5) is 0 Å². The zero-order chi connectivity index (χ0) is 58.7. The van der Waals surface area contributed by atoms with Crippen LogP contribution in [0.2, 0.25) is 0 Å². The molecule has 0 amide bonds. The lowest BCUT2D eigenvalue weighted by atomic mass is 9.98. The first-order valence-electron chi connectivity index (χ1n) is 30.6. The molecule has 8 aromatic heterocycles. The van der Waals surface area contributed by atoms with Crippen molar-refractivity contribution in [3.63, 3.8) is 0 Å². The van der Waals surface area contributed by atoms with E-state index >= 15 is 0 Å². The van der Waals surface area contributed by atoms with Crippen LogP contribution in [-0.4, -0.2) is 32.8 Å². The highest BCUT2D eigenvalue weighted by Crippen LogP contribution is 2.47. The van der Waals surface area contributed by atoms with Gasteiger partial charge in [0.05, 0.1) is 60.9 Å². The second kappa shape index (κ2) is 18.6. The molecule has 0 radical (unpaired) electrons. The molecule has 90 heavy (non-hydrogen) atoms. The Bertz CT molecular complexity index is 6410. The quantitative estimate of drug-likeness (QED) is 0.160. The molecule has 0 spiro atoms. The highest BCUT2D eigenvalue weighted by Gasteiger charge is 2.26. The highest BCUT2D eigenvalue weighted by molar-refractivity contribution is 6.30. The third-order valence-corrected chi connectivity index (χ3v) is 18.9. The minimum absolute atomic E-state index is 0.826. The molecule has 0 unspecified atom stereocenters. The molecule has 20 aromatic rings. The molecule has 12 aromatic carbocycles. The summed E-state index contributed by atoms with van der Waals surface area (Å²) in [5.74, 6) is 2.50. The van der Waals surface area contributed by atoms with Crippen molar-refractivity contribution in [2.75, 3.05) is 0 Å². The minimum atomic E-state index is 0.826. The van der Waals surface area contributed by atoms with Crippen LogP contribution in [0.1, 0.15) is 0 Å². The van der Waals surface area contributed by atoms with E-state index in [1.807, 2.05) is 12.1 Å². The van der Waals surface area contributed by atoms with Crippen molar-refractivity contribution in [1.29, 1.82) is 0 Å². The first kappa shape index (κ1) is 48.9. The van der Waals surface area contributed by atoms with Crippen LogP contribution in [-0.2, 0) is 0 Å². The van der Waals surface area contributed by atoms with Crippen LogP contribution < -0.4 is 0 Å². The fraction of sp³-hybridized carbons (Fsp3) is 0. The number of aromatic nitrogens is 7. The highest BCUT2D eigenvalue weighted by atomic mass is 16.3. The number of benzene rings is 12. The summed E-state index contributed by atoms with van der Waals surface area (Å²) in [4.78, 5) is 11.4. The van der Waals surface area contributed by atoms with Gasteiger partial charge in [-0.25, -0.2) is 9.97 Å². The zero-order valence-corrected chi connectivity index (χ0v) is 48.3. The predicted molar refractivity (Wildman–Crippen MR) is 372 cm³/mol. The lowest BCUT2D eigenvalue weighted by Crippen LogP contribution is -2.03. The Hall–Kier alpha value is -12.3. The molecule has 0 aliphatic carbocycles. The summed E-state index contributed by atoms with van der Waals surface area (Å²) in [7, 11) is 0. The first-order chi connectivity index (χ1) is 44.7. The Morgan fingerprint density at radius 2 is 0.700 bits per heavy atom. The number of pyridine rings is 2. The topological polar surface area (TPSA) is 63.6 Å². The molecule has 0 saturated carbocycles. The van der Waals surface area contributed by atoms with Crippen LogP contribution in [0.25, 0.3) is 182 Å². The molecule has 418 valence electrons. The number of rotatable bonds is 7. The van der Waals surface area contributed by atoms with Gasteiger partial charge >= 0.3 is 0 Å². The lowest BCUT2D eigenvalue weighted by Gasteiger charge is -2.13. The maximum absolute atomic E-state index is 6.29. The maximum Gasteiger partial charge on any atom is 0.140 e. The summed E-state index contributed by atoms with van der Waals surface area (Å²) in [6.07, 6.45) is 0. The molecule has 0 aliphatic heterocycles. The third-order valence-electron chi connectivity index (χ3n) is 18.9. The molecular formula is C82H49N7O. The molecule has 8 nitrogen and oxygen atoms in total. The standard InChI is InChI=1S/C82H49N7O/c1-3-20-52(21-4-1)85-67-33-14-9-27-60(67)79-70(85)45-46-71-80(79)61-28-10-15-34-68(61)87(71)76-38-19-39-77(84-76)88-66-32-13-7-24-55(66)57-42-40-50(49-72(57)88)54-29-17-35-69-78(54)62-44-43-59-56-25-8-12-31-65(56)86(53-22-5-2-6-23-53)81(59)82(62)89(69)75-37-18-30-64(83-75)51-41-47-74-63(48-51)58-26-11-16-36-73(58)90-74/h1-49H. The van der Waals surface area contributed by atoms with Gasteiger partial charge in [0, 0.05) is 81.6 Å². The molecule has 8 heterocycles. The van der Waals surface area contributed by atoms with E-state index in [-0.39, 0.29) is 0 Å². The summed E-state index contributed by atoms with van der Waals surface area (Å²) >= 11 is 0. The van der Waals surface area contributed by atoms with Crippen molar-refractivity contribution < 1.29 is 4.42 Å². The molecule has 8 heteroatoms. The van der Waals surface area contributed by atoms with E-state index in [1.165, 1.54) is 43.4 Å². The van der Waals surface area contributed by atoms with Gasteiger partial charge in [0.1, 0.15) is 28.6 Å². The number of nitrogens with zero attached hydrogens (tertiary/aromatic N) is 7. The lowest BCUT2D eigenvalue weighted by molar-refractivity contribution is 0.669. The smallest absolute Gasteiger partial charge is 0.140 e. The van der Waals surface area contributed by atoms with Gasteiger partial charge in [-0.05, 0) is 132 Å². The summed E-state index contributed by atoms with van der Waals surface area (Å²) in [6.45, 7) is 0. The Kier molecular flexibility index (Phi) is 10.1. The predicted octanol–water partition coefficient (Wildman–Crippen LogP) is 21.2. The normalized spacial score (nSPS) is 12.2. The molecular weight excluding hydrogens is 1100 g/mol. The Morgan fingerprint density at radius 1 is 0.233 bits per heavy atom. The minimum Gasteiger partial charge on any atom is -0.456 e. The summed E-state index contributed by atoms with van der Waals surface area (Å²) in [5, 5.41) is 14.0. The third kappa shape index (κ3) is 6.84. The van der Waals surface area contributed by atoms with Gasteiger partial charge in [-0.15, -0.1) is 0 Å². The van der Waals surface area contributed by atoms with E-state index in [1.54, 1.807) is 0 Å². The van der Waals surface area contributed by atoms with Gasteiger partial charge < -0.3 is 13.6 Å². The average molecular weight is 1150 g/mol. The summed E-state index contributed by atoms with van der Waals surface area (Å²) < 4.78 is 18.3. The Labute approximate surface area is 513 Å². The van der Waals surface area contributed by atoms with Gasteiger partial charge in [0.2, 0.25) is 0 Å². The largest absolute Gasteiger partial charge is 0.456 e. The SMILES string of the molecule is c1ccc(-n2c3ccccc3c3c4c5ccccc5n(-c5cccc(-n6c7ccccc7c7ccc(-c8cccc9c8c8ccc%10c%11ccccc%11n(-c%11ccccc%11)c%10c8n9-c8cccc(-c9ccc%10oc%11ccccc%11c%10c9)n8)cc76)n5)c4ccc32)cc1. The van der Waals surface area contributed by atoms with Crippen LogP contribution in [0.5, 0.6) is 0 Å². The molecule has 20 rings (SSSR count). The number of furan rings is 1. The molecule has 0 atom stereocenters. The number of hydrogen-bond donors (Lipinski definition) is 0. The molecule has 0 bridgehead atoms. The van der Waals surface area contributed by atoms with Crippen molar-refractivity contribution in [2.45, 2.75) is 0 Å². The molecule has 0 N–H and O–H groups in total. The van der Waals surface area contributed by atoms with Crippen molar-refractivity contribution in [3.8, 4) is 51.2 Å². The van der Waals surface area contributed by atoms with Crippen molar-refractivity contribution >= 4 is 131 Å². The maximum atomic E-state index is 6.29. The van der Waals surface area contributed by atoms with E-state index in [4.69, 9.17) is 14.4 Å². The molecule has 0 aliphatic rings. The zero-order valence-electron chi connectivity index (χ0n) is 48.3. The second-order valence-corrected chi connectivity index (χ2v) is 23.6. The van der Waals surface area contributed by atoms with E-state index in [2.05, 4.69) is 308 Å². The monoisotopic (exact) mass is 1150 g/mol. The van der Waals surface area contributed by atoms with Crippen LogP contribution in [0.3, 0.4) is 0 Å². The summed E-state index contributed by atoms with van der Waals surface area (Å²) in [5.41, 5.74) is 19.2. The Morgan fingerprint density at radius 3 is 1.42 bits per heavy atom. The number of para-hydroxylation sites is 7. The van der Waals surface area contributed by atoms with Crippen LogP contribution >= 0.6 is 0 Å². The van der Waals surface area contributed by atoms with E-state index in [0.717, 1.165) is 139 Å². The van der Waals surface area contributed by atoms with Gasteiger partial charge in [0.25, 0.3) is 0 Å². The number of hydrogen-bond acceptors (Lipinski definition) is 3. The van der Waals surface area contributed by atoms with Crippen LogP contribution in [0.15, 0.2) is 302 Å². The van der Waals surface area contributed by atoms with Gasteiger partial charge in [-0.3, -0.25) is 13.7 Å². The second-order valence-electron chi connectivity index (χ2n) is 23.6. The van der Waals surface area contributed by atoms with Crippen LogP contribution in [0, 0.1) is 0 Å². The fourth-order valence-corrected chi connectivity index (χ4v) is 15.2. The van der Waals surface area contributed by atoms with E-state index in [9.17, 15) is 0 Å².